The lowest BCUT2D eigenvalue weighted by molar-refractivity contribution is -0.144. The van der Waals surface area contributed by atoms with E-state index in [0.29, 0.717) is 90.4 Å². The Labute approximate surface area is 531 Å². The molecular weight excluding hydrogens is 1250 g/mol. The van der Waals surface area contributed by atoms with E-state index in [4.69, 9.17) is 34.5 Å². The number of anilines is 4. The minimum Gasteiger partial charge on any atom is -0.481 e. The summed E-state index contributed by atoms with van der Waals surface area (Å²) in [6.45, 7) is 12.8. The average molecular weight is 1330 g/mol. The number of carbonyl (C=O) groups excluding carboxylic acids is 2. The number of ether oxygens (including phenoxy) is 2. The predicted molar refractivity (Wildman–Crippen MR) is 319 cm³/mol. The lowest BCUT2D eigenvalue weighted by Crippen LogP contribution is -2.36. The number of benzene rings is 2. The number of aliphatic carboxylic acids is 1. The van der Waals surface area contributed by atoms with Crippen molar-refractivity contribution < 1.29 is 86.8 Å². The number of carbonyl (C=O) groups is 3. The molecule has 2 unspecified atom stereocenters. The molecule has 17 nitrogen and oxygen atoms in total. The van der Waals surface area contributed by atoms with Crippen molar-refractivity contribution >= 4 is 41.4 Å². The second-order valence-corrected chi connectivity index (χ2v) is 25.4. The second-order valence-electron chi connectivity index (χ2n) is 25.4. The number of carboxylic acids is 1. The summed E-state index contributed by atoms with van der Waals surface area (Å²) >= 11 is 0. The van der Waals surface area contributed by atoms with Crippen LogP contribution in [0.25, 0.3) is 0 Å². The van der Waals surface area contributed by atoms with Crippen LogP contribution in [-0.4, -0.2) is 129 Å². The molecular formula is C64H80F12N10O7. The Balaban J connectivity index is 0.000000219. The average Bonchev–Trinajstić information content (AvgIpc) is 1.72. The summed E-state index contributed by atoms with van der Waals surface area (Å²) in [4.78, 5) is 67.9. The third kappa shape index (κ3) is 17.3. The fraction of sp³-hybridized carbons (Fsp3) is 0.641. The fourth-order valence-corrected chi connectivity index (χ4v) is 13.8. The van der Waals surface area contributed by atoms with Crippen molar-refractivity contribution in [3.05, 3.63) is 93.6 Å². The predicted octanol–water partition coefficient (Wildman–Crippen LogP) is 14.5. The number of aliphatic hydroxyl groups is 1. The summed E-state index contributed by atoms with van der Waals surface area (Å²) in [6.07, 6.45) is -8.79. The van der Waals surface area contributed by atoms with Crippen molar-refractivity contribution in [3.8, 4) is 0 Å². The van der Waals surface area contributed by atoms with Crippen molar-refractivity contribution in [1.29, 1.82) is 0 Å². The summed E-state index contributed by atoms with van der Waals surface area (Å²) in [5.41, 5.74) is -5.73. The first-order chi connectivity index (χ1) is 43.9. The molecule has 6 heterocycles. The first kappa shape index (κ1) is 70.3. The van der Waals surface area contributed by atoms with Gasteiger partial charge in [0.2, 0.25) is 0 Å². The Morgan fingerprint density at radius 3 is 1.18 bits per heavy atom. The molecule has 2 N–H and O–H groups in total. The maximum Gasteiger partial charge on any atom is 0.416 e. The molecule has 6 aliphatic rings. The van der Waals surface area contributed by atoms with Crippen LogP contribution in [0.5, 0.6) is 0 Å². The van der Waals surface area contributed by atoms with E-state index in [1.165, 1.54) is 16.7 Å². The van der Waals surface area contributed by atoms with E-state index < -0.39 is 95.0 Å². The summed E-state index contributed by atoms with van der Waals surface area (Å²) < 4.78 is 174. The molecule has 6 fully saturated rings. The van der Waals surface area contributed by atoms with Crippen molar-refractivity contribution in [2.45, 2.75) is 180 Å². The maximum absolute atomic E-state index is 13.6. The molecule has 2 aliphatic carbocycles. The van der Waals surface area contributed by atoms with Crippen LogP contribution in [0.1, 0.15) is 175 Å². The van der Waals surface area contributed by atoms with Crippen LogP contribution in [0.3, 0.4) is 0 Å². The largest absolute Gasteiger partial charge is 0.481 e. The number of nitrogens with zero attached hydrogens (tertiary/aromatic N) is 10. The smallest absolute Gasteiger partial charge is 0.416 e. The number of aromatic nitrogens is 4. The van der Waals surface area contributed by atoms with Gasteiger partial charge in [-0.2, -0.15) is 52.7 Å². The van der Waals surface area contributed by atoms with Crippen molar-refractivity contribution in [3.63, 3.8) is 0 Å². The minimum absolute atomic E-state index is 0.0480. The molecule has 2 saturated carbocycles. The van der Waals surface area contributed by atoms with E-state index in [-0.39, 0.29) is 55.6 Å². The topological polar surface area (TPSA) is 181 Å². The highest BCUT2D eigenvalue weighted by molar-refractivity contribution is 5.72. The molecule has 0 radical (unpaired) electrons. The molecule has 4 atom stereocenters. The van der Waals surface area contributed by atoms with Gasteiger partial charge in [-0.15, -0.1) is 0 Å². The number of carboxylic acid groups (broad SMARTS) is 1. The Kier molecular flexibility index (Phi) is 22.1. The molecule has 0 spiro atoms. The quantitative estimate of drug-likeness (QED) is 0.0797. The minimum atomic E-state index is -5.04. The second kappa shape index (κ2) is 29.3. The number of alkyl halides is 12. The van der Waals surface area contributed by atoms with Crippen LogP contribution in [-0.2, 0) is 52.1 Å². The van der Waals surface area contributed by atoms with Crippen molar-refractivity contribution in [2.24, 2.45) is 23.7 Å². The molecule has 4 saturated heterocycles. The number of cyclic esters (lactones) is 2. The highest BCUT2D eigenvalue weighted by Crippen LogP contribution is 2.45. The monoisotopic (exact) mass is 1330 g/mol. The van der Waals surface area contributed by atoms with Gasteiger partial charge in [-0.3, -0.25) is 14.6 Å². The van der Waals surface area contributed by atoms with E-state index in [0.717, 1.165) is 116 Å². The molecule has 93 heavy (non-hydrogen) atoms. The molecule has 2 aromatic carbocycles. The summed E-state index contributed by atoms with van der Waals surface area (Å²) in [6, 6.07) is 0.712. The van der Waals surface area contributed by atoms with E-state index >= 15 is 0 Å². The molecule has 2 amide bonds. The highest BCUT2D eigenvalue weighted by atomic mass is 19.4. The van der Waals surface area contributed by atoms with E-state index in [9.17, 15) is 72.2 Å². The van der Waals surface area contributed by atoms with Gasteiger partial charge < -0.3 is 39.3 Å². The zero-order valence-electron chi connectivity index (χ0n) is 52.4. The van der Waals surface area contributed by atoms with Crippen LogP contribution in [0.4, 0.5) is 85.5 Å². The van der Waals surface area contributed by atoms with Crippen molar-refractivity contribution in [1.82, 2.24) is 29.7 Å². The molecule has 10 rings (SSSR count). The number of rotatable bonds is 20. The zero-order chi connectivity index (χ0) is 67.3. The maximum atomic E-state index is 13.6. The van der Waals surface area contributed by atoms with Crippen LogP contribution in [0.2, 0.25) is 0 Å². The van der Waals surface area contributed by atoms with Gasteiger partial charge in [0, 0.05) is 65.4 Å². The first-order valence-electron chi connectivity index (χ1n) is 32.0. The highest BCUT2D eigenvalue weighted by Gasteiger charge is 2.46. The molecule has 29 heteroatoms. The van der Waals surface area contributed by atoms with Gasteiger partial charge >= 0.3 is 42.9 Å². The zero-order valence-corrected chi connectivity index (χ0v) is 52.4. The van der Waals surface area contributed by atoms with Crippen LogP contribution in [0.15, 0.2) is 48.8 Å². The van der Waals surface area contributed by atoms with Crippen LogP contribution >= 0.6 is 0 Å². The molecule has 512 valence electrons. The van der Waals surface area contributed by atoms with Gasteiger partial charge in [0.1, 0.15) is 35.2 Å². The third-order valence-corrected chi connectivity index (χ3v) is 19.0. The Bertz CT molecular complexity index is 3150. The fourth-order valence-electron chi connectivity index (χ4n) is 13.8. The van der Waals surface area contributed by atoms with Gasteiger partial charge in [0.25, 0.3) is 0 Å². The summed E-state index contributed by atoms with van der Waals surface area (Å²) in [5.74, 6) is 2.96. The van der Waals surface area contributed by atoms with Gasteiger partial charge in [-0.1, -0.05) is 12.8 Å². The first-order valence-corrected chi connectivity index (χ1v) is 32.0. The molecule has 4 aromatic rings. The van der Waals surface area contributed by atoms with Gasteiger partial charge in [0.15, 0.2) is 11.6 Å². The lowest BCUT2D eigenvalue weighted by atomic mass is 9.80. The van der Waals surface area contributed by atoms with Gasteiger partial charge in [-0.05, 0) is 170 Å². The molecule has 2 aromatic heterocycles. The van der Waals surface area contributed by atoms with Crippen LogP contribution < -0.4 is 19.6 Å². The Hall–Kier alpha value is -7.07. The Morgan fingerprint density at radius 1 is 0.538 bits per heavy atom. The normalized spacial score (nSPS) is 23.9. The number of halogens is 12. The summed E-state index contributed by atoms with van der Waals surface area (Å²) in [7, 11) is 0. The van der Waals surface area contributed by atoms with Crippen molar-refractivity contribution in [2.75, 3.05) is 78.6 Å². The number of hydrogen-bond acceptors (Lipinski definition) is 14. The standard InChI is InChI=1S/C32H39F6N5O4.C32H41F6N5O3/c1-3-41(17-21-8-6-20(7-9-21)12-27(44)45)29-25(40-26(16-39-29)42-10-4-5-11-42)18-43-19(2)28(47-30(43)46)22-13-23(31(33,34)35)15-24(14-22)32(36,37)38;1-3-41(18-22-8-6-21(7-9-22)10-13-44)29-26(40-27(17-39-29)42-11-4-5-12-42)19-43-20(2)28(46-30(43)45)23-14-24(31(33,34)35)16-25(15-23)32(36,37)38/h13-16,19-21,28H,3-12,17-18H2,1-2H3,(H,44,45);14-17,20-22,28,44H,3-13,18-19H2,1-2H3/t19-,20?,21?,28?;20-,21?,22?,28?/m00/s1. The molecule has 0 bridgehead atoms. The molecule has 4 aliphatic heterocycles. The third-order valence-electron chi connectivity index (χ3n) is 19.0. The van der Waals surface area contributed by atoms with E-state index in [1.807, 2.05) is 13.8 Å². The lowest BCUT2D eigenvalue weighted by Gasteiger charge is -2.34. The van der Waals surface area contributed by atoms with Gasteiger partial charge in [0.05, 0.1) is 59.8 Å². The Morgan fingerprint density at radius 2 is 0.871 bits per heavy atom. The van der Waals surface area contributed by atoms with E-state index in [1.54, 1.807) is 19.3 Å². The van der Waals surface area contributed by atoms with E-state index in [2.05, 4.69) is 19.6 Å². The van der Waals surface area contributed by atoms with Gasteiger partial charge in [-0.25, -0.2) is 29.5 Å². The SMILES string of the molecule is CCN(CC1CCC(CC(=O)O)CC1)c1ncc(N2CCCC2)nc1CN1C(=O)OC(c2cc(C(F)(F)F)cc(C(F)(F)F)c2)[C@@H]1C.CCN(CC1CCC(CCO)CC1)c1ncc(N2CCCC2)nc1CN1C(=O)OC(c2cc(C(F)(F)F)cc(C(F)(F)F)c2)[C@@H]1C. The van der Waals surface area contributed by atoms with Crippen LogP contribution in [0, 0.1) is 23.7 Å². The number of hydrogen-bond donors (Lipinski definition) is 2. The number of aliphatic hydroxyl groups excluding tert-OH is 1. The number of amides is 2. The summed E-state index contributed by atoms with van der Waals surface area (Å²) in [5, 5.41) is 18.5.